The second-order valence-electron chi connectivity index (χ2n) is 5.27. The quantitative estimate of drug-likeness (QED) is 0.786. The highest BCUT2D eigenvalue weighted by Crippen LogP contribution is 2.23. The van der Waals surface area contributed by atoms with Crippen LogP contribution in [0, 0.1) is 0 Å². The lowest BCUT2D eigenvalue weighted by Crippen LogP contribution is -2.40. The molecule has 6 nitrogen and oxygen atoms in total. The van der Waals surface area contributed by atoms with Crippen molar-refractivity contribution < 1.29 is 17.9 Å². The van der Waals surface area contributed by atoms with Crippen LogP contribution in [0.5, 0.6) is 0 Å². The molecule has 1 aromatic rings. The lowest BCUT2D eigenvalue weighted by molar-refractivity contribution is 0.0730. The molecule has 1 saturated heterocycles. The van der Waals surface area contributed by atoms with Crippen LogP contribution in [0.15, 0.2) is 23.1 Å². The molecule has 1 aliphatic rings. The second-order valence-corrected chi connectivity index (χ2v) is 7.61. The molecule has 8 heteroatoms. The Bertz CT molecular complexity index is 657. The van der Waals surface area contributed by atoms with Crippen LogP contribution in [0.25, 0.3) is 0 Å². The minimum atomic E-state index is -3.65. The molecule has 1 N–H and O–H groups in total. The number of carbonyl (C=O) groups excluding carboxylic acids is 1. The van der Waals surface area contributed by atoms with Gasteiger partial charge < -0.3 is 10.1 Å². The van der Waals surface area contributed by atoms with E-state index in [9.17, 15) is 13.2 Å². The Labute approximate surface area is 141 Å². The van der Waals surface area contributed by atoms with E-state index in [2.05, 4.69) is 5.32 Å². The Morgan fingerprint density at radius 3 is 2.70 bits per heavy atom. The molecule has 0 saturated carbocycles. The lowest BCUT2D eigenvalue weighted by atomic mass is 10.2. The van der Waals surface area contributed by atoms with Crippen LogP contribution >= 0.6 is 11.6 Å². The molecule has 23 heavy (non-hydrogen) atoms. The molecule has 0 aromatic heterocycles. The molecule has 128 valence electrons. The van der Waals surface area contributed by atoms with Gasteiger partial charge in [-0.05, 0) is 24.6 Å². The SMILES string of the molecule is CCCCNC(=O)c1cc(S(=O)(=O)N2CCOCC2)ccc1Cl. The summed E-state index contributed by atoms with van der Waals surface area (Å²) in [7, 11) is -3.65. The molecule has 1 aromatic carbocycles. The number of nitrogens with zero attached hydrogens (tertiary/aromatic N) is 1. The fourth-order valence-corrected chi connectivity index (χ4v) is 3.89. The van der Waals surface area contributed by atoms with E-state index in [1.165, 1.54) is 22.5 Å². The van der Waals surface area contributed by atoms with Gasteiger partial charge in [-0.2, -0.15) is 4.31 Å². The van der Waals surface area contributed by atoms with Crippen molar-refractivity contribution in [1.82, 2.24) is 9.62 Å². The summed E-state index contributed by atoms with van der Waals surface area (Å²) in [6.45, 7) is 3.92. The summed E-state index contributed by atoms with van der Waals surface area (Å²) in [6, 6.07) is 4.22. The molecule has 0 spiro atoms. The third-order valence-electron chi connectivity index (χ3n) is 3.61. The van der Waals surface area contributed by atoms with Crippen molar-refractivity contribution >= 4 is 27.5 Å². The lowest BCUT2D eigenvalue weighted by Gasteiger charge is -2.26. The largest absolute Gasteiger partial charge is 0.379 e. The molecule has 1 aliphatic heterocycles. The number of sulfonamides is 1. The number of rotatable bonds is 6. The Morgan fingerprint density at radius 1 is 1.35 bits per heavy atom. The minimum absolute atomic E-state index is 0.0736. The number of hydrogen-bond acceptors (Lipinski definition) is 4. The van der Waals surface area contributed by atoms with E-state index in [-0.39, 0.29) is 21.4 Å². The van der Waals surface area contributed by atoms with Gasteiger partial charge >= 0.3 is 0 Å². The van der Waals surface area contributed by atoms with Gasteiger partial charge in [0.25, 0.3) is 5.91 Å². The smallest absolute Gasteiger partial charge is 0.252 e. The van der Waals surface area contributed by atoms with Crippen LogP contribution in [0.3, 0.4) is 0 Å². The predicted molar refractivity (Wildman–Crippen MR) is 88.3 cm³/mol. The number of amides is 1. The molecule has 1 fully saturated rings. The maximum Gasteiger partial charge on any atom is 0.252 e. The van der Waals surface area contributed by atoms with Crippen molar-refractivity contribution in [2.75, 3.05) is 32.8 Å². The van der Waals surface area contributed by atoms with E-state index in [1.807, 2.05) is 6.92 Å². The van der Waals surface area contributed by atoms with Crippen molar-refractivity contribution in [2.24, 2.45) is 0 Å². The maximum atomic E-state index is 12.6. The van der Waals surface area contributed by atoms with Gasteiger partial charge in [-0.3, -0.25) is 4.79 Å². The number of morpholine rings is 1. The highest BCUT2D eigenvalue weighted by atomic mass is 35.5. The van der Waals surface area contributed by atoms with Gasteiger partial charge in [0, 0.05) is 19.6 Å². The number of carbonyl (C=O) groups is 1. The van der Waals surface area contributed by atoms with Gasteiger partial charge in [-0.1, -0.05) is 24.9 Å². The zero-order chi connectivity index (χ0) is 16.9. The van der Waals surface area contributed by atoms with E-state index in [1.54, 1.807) is 0 Å². The number of unbranched alkanes of at least 4 members (excludes halogenated alkanes) is 1. The highest BCUT2D eigenvalue weighted by molar-refractivity contribution is 7.89. The third-order valence-corrected chi connectivity index (χ3v) is 5.83. The molecule has 0 aliphatic carbocycles. The van der Waals surface area contributed by atoms with Crippen LogP contribution in [0.1, 0.15) is 30.1 Å². The zero-order valence-electron chi connectivity index (χ0n) is 13.0. The topological polar surface area (TPSA) is 75.7 Å². The van der Waals surface area contributed by atoms with Gasteiger partial charge in [0.1, 0.15) is 0 Å². The van der Waals surface area contributed by atoms with Crippen molar-refractivity contribution in [3.05, 3.63) is 28.8 Å². The fourth-order valence-electron chi connectivity index (χ4n) is 2.25. The van der Waals surface area contributed by atoms with Gasteiger partial charge in [0.2, 0.25) is 10.0 Å². The van der Waals surface area contributed by atoms with Crippen molar-refractivity contribution in [1.29, 1.82) is 0 Å². The minimum Gasteiger partial charge on any atom is -0.379 e. The average Bonchev–Trinajstić information content (AvgIpc) is 2.56. The van der Waals surface area contributed by atoms with Crippen molar-refractivity contribution in [3.8, 4) is 0 Å². The zero-order valence-corrected chi connectivity index (χ0v) is 14.6. The molecule has 1 amide bonds. The Hall–Kier alpha value is -1.15. The van der Waals surface area contributed by atoms with E-state index < -0.39 is 10.0 Å². The summed E-state index contributed by atoms with van der Waals surface area (Å²) >= 11 is 6.05. The van der Waals surface area contributed by atoms with Gasteiger partial charge in [0.05, 0.1) is 28.7 Å². The van der Waals surface area contributed by atoms with E-state index in [0.717, 1.165) is 12.8 Å². The van der Waals surface area contributed by atoms with E-state index in [4.69, 9.17) is 16.3 Å². The van der Waals surface area contributed by atoms with Gasteiger partial charge in [-0.25, -0.2) is 8.42 Å². The molecule has 0 unspecified atom stereocenters. The Kier molecular flexibility index (Phi) is 6.41. The first-order valence-corrected chi connectivity index (χ1v) is 9.44. The Morgan fingerprint density at radius 2 is 2.04 bits per heavy atom. The highest BCUT2D eigenvalue weighted by Gasteiger charge is 2.27. The number of benzene rings is 1. The summed E-state index contributed by atoms with van der Waals surface area (Å²) in [5.41, 5.74) is 0.178. The van der Waals surface area contributed by atoms with Gasteiger partial charge in [0.15, 0.2) is 0 Å². The molecular formula is C15H21ClN2O4S. The standard InChI is InChI=1S/C15H21ClN2O4S/c1-2-3-6-17-15(19)13-11-12(4-5-14(13)16)23(20,21)18-7-9-22-10-8-18/h4-5,11H,2-3,6-10H2,1H3,(H,17,19). The molecule has 2 rings (SSSR count). The predicted octanol–water partition coefficient (Wildman–Crippen LogP) is 1.89. The average molecular weight is 361 g/mol. The normalized spacial score (nSPS) is 16.3. The fraction of sp³-hybridized carbons (Fsp3) is 0.533. The van der Waals surface area contributed by atoms with E-state index in [0.29, 0.717) is 32.8 Å². The first-order valence-electron chi connectivity index (χ1n) is 7.62. The number of halogens is 1. The van der Waals surface area contributed by atoms with Crippen LogP contribution in [0.4, 0.5) is 0 Å². The molecule has 0 atom stereocenters. The first-order chi connectivity index (χ1) is 11.0. The molecular weight excluding hydrogens is 340 g/mol. The molecule has 0 radical (unpaired) electrons. The summed E-state index contributed by atoms with van der Waals surface area (Å²) in [6.07, 6.45) is 1.81. The second kappa shape index (κ2) is 8.10. The van der Waals surface area contributed by atoms with E-state index >= 15 is 0 Å². The van der Waals surface area contributed by atoms with Crippen molar-refractivity contribution in [2.45, 2.75) is 24.7 Å². The summed E-state index contributed by atoms with van der Waals surface area (Å²) < 4.78 is 31.8. The monoisotopic (exact) mass is 360 g/mol. The first kappa shape index (κ1) is 18.2. The number of ether oxygens (including phenoxy) is 1. The van der Waals surface area contributed by atoms with Gasteiger partial charge in [-0.15, -0.1) is 0 Å². The maximum absolute atomic E-state index is 12.6. The van der Waals surface area contributed by atoms with Crippen molar-refractivity contribution in [3.63, 3.8) is 0 Å². The third kappa shape index (κ3) is 4.44. The number of nitrogens with one attached hydrogen (secondary N) is 1. The summed E-state index contributed by atoms with van der Waals surface area (Å²) in [5.74, 6) is -0.359. The molecule has 0 bridgehead atoms. The van der Waals surface area contributed by atoms with Crippen LogP contribution in [0.2, 0.25) is 5.02 Å². The number of hydrogen-bond donors (Lipinski definition) is 1. The van der Waals surface area contributed by atoms with Crippen LogP contribution in [-0.2, 0) is 14.8 Å². The Balaban J connectivity index is 2.23. The summed E-state index contributed by atoms with van der Waals surface area (Å²) in [5, 5.41) is 2.98. The van der Waals surface area contributed by atoms with Crippen LogP contribution in [-0.4, -0.2) is 51.5 Å². The summed E-state index contributed by atoms with van der Waals surface area (Å²) in [4.78, 5) is 12.2. The van der Waals surface area contributed by atoms with Crippen LogP contribution < -0.4 is 5.32 Å². The molecule has 1 heterocycles.